The number of piperazine rings is 1. The molecule has 0 aromatic heterocycles. The number of sulfonamides is 1. The Labute approximate surface area is 138 Å². The third kappa shape index (κ3) is 4.03. The lowest BCUT2D eigenvalue weighted by Crippen LogP contribution is -2.54. The summed E-state index contributed by atoms with van der Waals surface area (Å²) in [5.41, 5.74) is 1.67. The fraction of sp³-hybridized carbons (Fsp3) is 0.562. The Balaban J connectivity index is 2.10. The largest absolute Gasteiger partial charge is 0.336 e. The normalized spacial score (nSPS) is 16.7. The molecule has 1 aliphatic heterocycles. The van der Waals surface area contributed by atoms with Crippen molar-refractivity contribution < 1.29 is 13.2 Å². The third-order valence-corrected chi connectivity index (χ3v) is 5.94. The molecule has 1 aromatic rings. The van der Waals surface area contributed by atoms with Crippen LogP contribution in [0.15, 0.2) is 23.1 Å². The van der Waals surface area contributed by atoms with Crippen molar-refractivity contribution in [1.82, 2.24) is 14.5 Å². The first kappa shape index (κ1) is 17.7. The van der Waals surface area contributed by atoms with Gasteiger partial charge in [0.25, 0.3) is 0 Å². The summed E-state index contributed by atoms with van der Waals surface area (Å²) in [4.78, 5) is 14.0. The number of rotatable bonds is 3. The average Bonchev–Trinajstić information content (AvgIpc) is 2.49. The van der Waals surface area contributed by atoms with Crippen molar-refractivity contribution in [3.05, 3.63) is 29.3 Å². The molecular weight excluding hydrogens is 314 g/mol. The van der Waals surface area contributed by atoms with E-state index >= 15 is 0 Å². The van der Waals surface area contributed by atoms with Gasteiger partial charge in [-0.05, 0) is 44.9 Å². The number of urea groups is 1. The zero-order chi connectivity index (χ0) is 17.2. The fourth-order valence-electron chi connectivity index (χ4n) is 2.59. The average molecular weight is 339 g/mol. The van der Waals surface area contributed by atoms with Gasteiger partial charge < -0.3 is 10.2 Å². The van der Waals surface area contributed by atoms with Crippen LogP contribution in [0.3, 0.4) is 0 Å². The molecule has 1 saturated heterocycles. The molecule has 0 aliphatic carbocycles. The fourth-order valence-corrected chi connectivity index (χ4v) is 4.33. The van der Waals surface area contributed by atoms with E-state index in [1.807, 2.05) is 32.9 Å². The number of nitrogens with zero attached hydrogens (tertiary/aromatic N) is 2. The van der Waals surface area contributed by atoms with Gasteiger partial charge in [0.1, 0.15) is 0 Å². The van der Waals surface area contributed by atoms with Crippen molar-refractivity contribution >= 4 is 16.1 Å². The van der Waals surface area contributed by atoms with E-state index in [1.54, 1.807) is 17.9 Å². The van der Waals surface area contributed by atoms with Gasteiger partial charge in [-0.1, -0.05) is 12.1 Å². The highest BCUT2D eigenvalue weighted by Gasteiger charge is 2.31. The molecule has 1 aromatic carbocycles. The third-order valence-electron chi connectivity index (χ3n) is 3.90. The van der Waals surface area contributed by atoms with Crippen LogP contribution >= 0.6 is 0 Å². The first-order valence-electron chi connectivity index (χ1n) is 7.84. The van der Waals surface area contributed by atoms with Gasteiger partial charge in [-0.2, -0.15) is 4.31 Å². The van der Waals surface area contributed by atoms with Crippen molar-refractivity contribution in [3.63, 3.8) is 0 Å². The smallest absolute Gasteiger partial charge is 0.317 e. The number of aryl methyl sites for hydroxylation is 2. The molecule has 0 saturated carbocycles. The summed E-state index contributed by atoms with van der Waals surface area (Å²) in [6.07, 6.45) is 0. The predicted molar refractivity (Wildman–Crippen MR) is 89.9 cm³/mol. The zero-order valence-corrected chi connectivity index (χ0v) is 15.0. The second-order valence-electron chi connectivity index (χ2n) is 6.26. The summed E-state index contributed by atoms with van der Waals surface area (Å²) < 4.78 is 27.1. The Bertz CT molecular complexity index is 678. The van der Waals surface area contributed by atoms with Crippen molar-refractivity contribution in [1.29, 1.82) is 0 Å². The summed E-state index contributed by atoms with van der Waals surface area (Å²) in [5, 5.41) is 2.83. The topological polar surface area (TPSA) is 69.7 Å². The molecule has 7 heteroatoms. The van der Waals surface area contributed by atoms with Crippen LogP contribution in [0.2, 0.25) is 0 Å². The second kappa shape index (κ2) is 6.88. The van der Waals surface area contributed by atoms with E-state index in [-0.39, 0.29) is 12.1 Å². The molecule has 0 spiro atoms. The maximum absolute atomic E-state index is 12.8. The van der Waals surface area contributed by atoms with Crippen molar-refractivity contribution in [2.45, 2.75) is 38.6 Å². The Morgan fingerprint density at radius 2 is 1.74 bits per heavy atom. The molecule has 1 aliphatic rings. The van der Waals surface area contributed by atoms with Gasteiger partial charge in [-0.15, -0.1) is 0 Å². The second-order valence-corrected chi connectivity index (χ2v) is 8.17. The molecule has 2 rings (SSSR count). The van der Waals surface area contributed by atoms with Gasteiger partial charge in [0.05, 0.1) is 4.90 Å². The predicted octanol–water partition coefficient (Wildman–Crippen LogP) is 1.73. The van der Waals surface area contributed by atoms with E-state index in [2.05, 4.69) is 5.32 Å². The standard InChI is InChI=1S/C16H25N3O3S/c1-12(2)17-16(20)18-7-9-19(10-8-18)23(21,22)15-11-13(3)5-6-14(15)4/h5-6,11-12H,7-10H2,1-4H3,(H,17,20). The lowest BCUT2D eigenvalue weighted by molar-refractivity contribution is 0.170. The minimum atomic E-state index is -3.51. The summed E-state index contributed by atoms with van der Waals surface area (Å²) >= 11 is 0. The minimum Gasteiger partial charge on any atom is -0.336 e. The Hall–Kier alpha value is -1.60. The number of benzene rings is 1. The van der Waals surface area contributed by atoms with Gasteiger partial charge in [0, 0.05) is 32.2 Å². The van der Waals surface area contributed by atoms with Gasteiger partial charge in [0.15, 0.2) is 0 Å². The number of hydrogen-bond donors (Lipinski definition) is 1. The van der Waals surface area contributed by atoms with E-state index in [9.17, 15) is 13.2 Å². The van der Waals surface area contributed by atoms with Crippen LogP contribution in [0.25, 0.3) is 0 Å². The molecule has 1 fully saturated rings. The molecule has 2 amide bonds. The van der Waals surface area contributed by atoms with Gasteiger partial charge in [-0.3, -0.25) is 0 Å². The van der Waals surface area contributed by atoms with Crippen molar-refractivity contribution in [3.8, 4) is 0 Å². The van der Waals surface area contributed by atoms with Gasteiger partial charge >= 0.3 is 6.03 Å². The van der Waals surface area contributed by atoms with Crippen molar-refractivity contribution in [2.75, 3.05) is 26.2 Å². The first-order chi connectivity index (χ1) is 10.7. The lowest BCUT2D eigenvalue weighted by atomic mass is 10.2. The Morgan fingerprint density at radius 1 is 1.13 bits per heavy atom. The summed E-state index contributed by atoms with van der Waals surface area (Å²) in [6, 6.07) is 5.38. The molecule has 0 bridgehead atoms. The van der Waals surface area contributed by atoms with Gasteiger partial charge in [-0.25, -0.2) is 13.2 Å². The highest BCUT2D eigenvalue weighted by Crippen LogP contribution is 2.22. The molecule has 23 heavy (non-hydrogen) atoms. The van der Waals surface area contributed by atoms with Gasteiger partial charge in [0.2, 0.25) is 10.0 Å². The van der Waals surface area contributed by atoms with Crippen LogP contribution in [0.4, 0.5) is 4.79 Å². The number of nitrogens with one attached hydrogen (secondary N) is 1. The van der Waals surface area contributed by atoms with E-state index in [0.717, 1.165) is 11.1 Å². The lowest BCUT2D eigenvalue weighted by Gasteiger charge is -2.34. The Kier molecular flexibility index (Phi) is 5.31. The summed E-state index contributed by atoms with van der Waals surface area (Å²) in [5.74, 6) is 0. The van der Waals surface area contributed by atoms with Crippen LogP contribution in [0, 0.1) is 13.8 Å². The van der Waals surface area contributed by atoms with E-state index in [4.69, 9.17) is 0 Å². The maximum atomic E-state index is 12.8. The molecule has 0 radical (unpaired) electrons. The monoisotopic (exact) mass is 339 g/mol. The molecule has 1 heterocycles. The summed E-state index contributed by atoms with van der Waals surface area (Å²) in [7, 11) is -3.51. The van der Waals surface area contributed by atoms with E-state index < -0.39 is 10.0 Å². The molecule has 6 nitrogen and oxygen atoms in total. The number of amides is 2. The number of carbonyl (C=O) groups is 1. The van der Waals surface area contributed by atoms with Crippen LogP contribution in [-0.2, 0) is 10.0 Å². The summed E-state index contributed by atoms with van der Waals surface area (Å²) in [6.45, 7) is 8.94. The van der Waals surface area contributed by atoms with Crippen LogP contribution < -0.4 is 5.32 Å². The maximum Gasteiger partial charge on any atom is 0.317 e. The number of hydrogen-bond acceptors (Lipinski definition) is 3. The van der Waals surface area contributed by atoms with Crippen molar-refractivity contribution in [2.24, 2.45) is 0 Å². The molecular formula is C16H25N3O3S. The molecule has 0 unspecified atom stereocenters. The highest BCUT2D eigenvalue weighted by atomic mass is 32.2. The van der Waals surface area contributed by atoms with E-state index in [1.165, 1.54) is 4.31 Å². The first-order valence-corrected chi connectivity index (χ1v) is 9.28. The Morgan fingerprint density at radius 3 is 2.30 bits per heavy atom. The molecule has 0 atom stereocenters. The zero-order valence-electron chi connectivity index (χ0n) is 14.2. The van der Waals surface area contributed by atoms with Crippen LogP contribution in [0.1, 0.15) is 25.0 Å². The molecule has 128 valence electrons. The van der Waals surface area contributed by atoms with E-state index in [0.29, 0.717) is 31.1 Å². The van der Waals surface area contributed by atoms with Crippen LogP contribution in [0.5, 0.6) is 0 Å². The quantitative estimate of drug-likeness (QED) is 0.912. The minimum absolute atomic E-state index is 0.0687. The molecule has 1 N–H and O–H groups in total. The van der Waals surface area contributed by atoms with Crippen LogP contribution in [-0.4, -0.2) is 55.9 Å². The number of carbonyl (C=O) groups excluding carboxylic acids is 1. The highest BCUT2D eigenvalue weighted by molar-refractivity contribution is 7.89. The SMILES string of the molecule is Cc1ccc(C)c(S(=O)(=O)N2CCN(C(=O)NC(C)C)CC2)c1.